The standard InChI is InChI=1S/C21H26FN3OS/c1-24-13-15-25(16-14-24)12-2-11-23-21(26)10-8-19-7-9-20(27-19)17-3-5-18(22)6-4-17/h3-10H,2,11-16H2,1H3,(H,23,26)/b10-8+. The molecule has 1 aliphatic rings. The van der Waals surface area contributed by atoms with Crippen molar-refractivity contribution in [3.8, 4) is 10.4 Å². The first-order valence-corrected chi connectivity index (χ1v) is 10.1. The maximum Gasteiger partial charge on any atom is 0.244 e. The van der Waals surface area contributed by atoms with Gasteiger partial charge in [0, 0.05) is 48.6 Å². The van der Waals surface area contributed by atoms with E-state index < -0.39 is 0 Å². The van der Waals surface area contributed by atoms with E-state index in [1.165, 1.54) is 12.1 Å². The van der Waals surface area contributed by atoms with Gasteiger partial charge in [0.2, 0.25) is 5.91 Å². The van der Waals surface area contributed by atoms with Crippen LogP contribution in [0.5, 0.6) is 0 Å². The van der Waals surface area contributed by atoms with E-state index in [-0.39, 0.29) is 11.7 Å². The quantitative estimate of drug-likeness (QED) is 0.585. The normalized spacial score (nSPS) is 16.1. The number of amides is 1. The number of piperazine rings is 1. The first-order valence-electron chi connectivity index (χ1n) is 9.33. The number of nitrogens with zero attached hydrogens (tertiary/aromatic N) is 2. The highest BCUT2D eigenvalue weighted by Crippen LogP contribution is 2.28. The molecule has 0 saturated carbocycles. The summed E-state index contributed by atoms with van der Waals surface area (Å²) in [6.45, 7) is 6.19. The van der Waals surface area contributed by atoms with Crippen molar-refractivity contribution in [1.82, 2.24) is 15.1 Å². The van der Waals surface area contributed by atoms with Gasteiger partial charge in [0.05, 0.1) is 0 Å². The number of benzene rings is 1. The van der Waals surface area contributed by atoms with Crippen molar-refractivity contribution in [1.29, 1.82) is 0 Å². The van der Waals surface area contributed by atoms with Crippen molar-refractivity contribution in [2.75, 3.05) is 46.3 Å². The summed E-state index contributed by atoms with van der Waals surface area (Å²) in [6, 6.07) is 10.4. The van der Waals surface area contributed by atoms with Gasteiger partial charge < -0.3 is 15.1 Å². The SMILES string of the molecule is CN1CCN(CCCNC(=O)/C=C/c2ccc(-c3ccc(F)cc3)s2)CC1. The van der Waals surface area contributed by atoms with Crippen molar-refractivity contribution in [3.63, 3.8) is 0 Å². The van der Waals surface area contributed by atoms with Crippen LogP contribution in [0.2, 0.25) is 0 Å². The summed E-state index contributed by atoms with van der Waals surface area (Å²) in [5.41, 5.74) is 0.981. The van der Waals surface area contributed by atoms with E-state index >= 15 is 0 Å². The second-order valence-electron chi connectivity index (χ2n) is 6.83. The summed E-state index contributed by atoms with van der Waals surface area (Å²) >= 11 is 1.58. The molecule has 0 unspecified atom stereocenters. The Labute approximate surface area is 164 Å². The molecule has 144 valence electrons. The third-order valence-electron chi connectivity index (χ3n) is 4.70. The summed E-state index contributed by atoms with van der Waals surface area (Å²) in [6.07, 6.45) is 4.38. The number of likely N-dealkylation sites (N-methyl/N-ethyl adjacent to an activating group) is 1. The molecule has 0 bridgehead atoms. The van der Waals surface area contributed by atoms with Crippen molar-refractivity contribution in [2.45, 2.75) is 6.42 Å². The minimum absolute atomic E-state index is 0.0647. The minimum Gasteiger partial charge on any atom is -0.353 e. The van der Waals surface area contributed by atoms with Gasteiger partial charge in [0.15, 0.2) is 0 Å². The highest BCUT2D eigenvalue weighted by Gasteiger charge is 2.12. The van der Waals surface area contributed by atoms with Gasteiger partial charge in [-0.3, -0.25) is 4.79 Å². The summed E-state index contributed by atoms with van der Waals surface area (Å²) < 4.78 is 13.0. The third kappa shape index (κ3) is 6.27. The lowest BCUT2D eigenvalue weighted by atomic mass is 10.2. The number of hydrogen-bond donors (Lipinski definition) is 1. The third-order valence-corrected chi connectivity index (χ3v) is 5.80. The van der Waals surface area contributed by atoms with E-state index in [2.05, 4.69) is 22.2 Å². The zero-order valence-electron chi connectivity index (χ0n) is 15.7. The topological polar surface area (TPSA) is 35.6 Å². The Balaban J connectivity index is 1.39. The van der Waals surface area contributed by atoms with Crippen molar-refractivity contribution >= 4 is 23.3 Å². The van der Waals surface area contributed by atoms with E-state index in [4.69, 9.17) is 0 Å². The van der Waals surface area contributed by atoms with Gasteiger partial charge in [-0.15, -0.1) is 11.3 Å². The van der Waals surface area contributed by atoms with Crippen molar-refractivity contribution < 1.29 is 9.18 Å². The van der Waals surface area contributed by atoms with E-state index in [9.17, 15) is 9.18 Å². The molecule has 0 aliphatic carbocycles. The number of rotatable bonds is 7. The molecule has 1 N–H and O–H groups in total. The second-order valence-corrected chi connectivity index (χ2v) is 7.95. The monoisotopic (exact) mass is 387 g/mol. The first kappa shape index (κ1) is 19.7. The van der Waals surface area contributed by atoms with E-state index in [0.29, 0.717) is 6.54 Å². The summed E-state index contributed by atoms with van der Waals surface area (Å²) in [7, 11) is 2.15. The molecule has 2 aromatic rings. The number of carbonyl (C=O) groups is 1. The lowest BCUT2D eigenvalue weighted by molar-refractivity contribution is -0.116. The summed E-state index contributed by atoms with van der Waals surface area (Å²) in [5.74, 6) is -0.301. The Morgan fingerprint density at radius 1 is 1.15 bits per heavy atom. The molecular formula is C21H26FN3OS. The first-order chi connectivity index (χ1) is 13.1. The molecule has 0 spiro atoms. The molecule has 2 heterocycles. The lowest BCUT2D eigenvalue weighted by Gasteiger charge is -2.32. The van der Waals surface area contributed by atoms with Crippen molar-refractivity contribution in [3.05, 3.63) is 53.2 Å². The van der Waals surface area contributed by atoms with Gasteiger partial charge in [0.1, 0.15) is 5.82 Å². The van der Waals surface area contributed by atoms with E-state index in [1.807, 2.05) is 18.2 Å². The molecule has 0 radical (unpaired) electrons. The molecule has 1 aliphatic heterocycles. The molecule has 3 rings (SSSR count). The zero-order chi connectivity index (χ0) is 19.1. The Bertz CT molecular complexity index is 764. The van der Waals surface area contributed by atoms with Crippen LogP contribution in [0, 0.1) is 5.82 Å². The van der Waals surface area contributed by atoms with Gasteiger partial charge in [0.25, 0.3) is 0 Å². The number of nitrogens with one attached hydrogen (secondary N) is 1. The highest BCUT2D eigenvalue weighted by atomic mass is 32.1. The maximum absolute atomic E-state index is 13.0. The molecule has 1 saturated heterocycles. The molecule has 1 aromatic carbocycles. The van der Waals surface area contributed by atoms with Gasteiger partial charge >= 0.3 is 0 Å². The average Bonchev–Trinajstić information content (AvgIpc) is 3.14. The van der Waals surface area contributed by atoms with Crippen LogP contribution in [0.4, 0.5) is 4.39 Å². The molecule has 1 fully saturated rings. The van der Waals surface area contributed by atoms with Crippen LogP contribution in [0.15, 0.2) is 42.5 Å². The summed E-state index contributed by atoms with van der Waals surface area (Å²) in [5, 5.41) is 2.95. The van der Waals surface area contributed by atoms with Crippen LogP contribution >= 0.6 is 11.3 Å². The summed E-state index contributed by atoms with van der Waals surface area (Å²) in [4.78, 5) is 18.8. The van der Waals surface area contributed by atoms with Crippen LogP contribution in [0.25, 0.3) is 16.5 Å². The van der Waals surface area contributed by atoms with Gasteiger partial charge in [-0.05, 0) is 55.9 Å². The van der Waals surface area contributed by atoms with Gasteiger partial charge in [-0.2, -0.15) is 0 Å². The molecule has 1 amide bonds. The smallest absolute Gasteiger partial charge is 0.244 e. The van der Waals surface area contributed by atoms with Crippen LogP contribution in [-0.2, 0) is 4.79 Å². The number of thiophene rings is 1. The Morgan fingerprint density at radius 2 is 1.89 bits per heavy atom. The van der Waals surface area contributed by atoms with Gasteiger partial charge in [-0.25, -0.2) is 4.39 Å². The minimum atomic E-state index is -0.236. The van der Waals surface area contributed by atoms with Crippen molar-refractivity contribution in [2.24, 2.45) is 0 Å². The fourth-order valence-electron chi connectivity index (χ4n) is 3.01. The largest absolute Gasteiger partial charge is 0.353 e. The highest BCUT2D eigenvalue weighted by molar-refractivity contribution is 7.16. The molecular weight excluding hydrogens is 361 g/mol. The Morgan fingerprint density at radius 3 is 2.63 bits per heavy atom. The fourth-order valence-corrected chi connectivity index (χ4v) is 3.93. The molecule has 4 nitrogen and oxygen atoms in total. The zero-order valence-corrected chi connectivity index (χ0v) is 16.5. The lowest BCUT2D eigenvalue weighted by Crippen LogP contribution is -2.45. The maximum atomic E-state index is 13.0. The fraction of sp³-hybridized carbons (Fsp3) is 0.381. The molecule has 1 aromatic heterocycles. The Kier molecular flexibility index (Phi) is 7.15. The van der Waals surface area contributed by atoms with Crippen LogP contribution in [0.1, 0.15) is 11.3 Å². The predicted molar refractivity (Wildman–Crippen MR) is 110 cm³/mol. The van der Waals surface area contributed by atoms with Crippen LogP contribution in [0.3, 0.4) is 0 Å². The Hall–Kier alpha value is -2.02. The molecule has 0 atom stereocenters. The van der Waals surface area contributed by atoms with Crippen LogP contribution < -0.4 is 5.32 Å². The molecule has 6 heteroatoms. The predicted octanol–water partition coefficient (Wildman–Crippen LogP) is 3.32. The van der Waals surface area contributed by atoms with Crippen LogP contribution in [-0.4, -0.2) is 62.0 Å². The van der Waals surface area contributed by atoms with Gasteiger partial charge in [-0.1, -0.05) is 12.1 Å². The number of carbonyl (C=O) groups excluding carboxylic acids is 1. The second kappa shape index (κ2) is 9.78. The number of hydrogen-bond acceptors (Lipinski definition) is 4. The average molecular weight is 388 g/mol. The van der Waals surface area contributed by atoms with E-state index in [0.717, 1.165) is 54.5 Å². The molecule has 27 heavy (non-hydrogen) atoms. The number of halogens is 1. The van der Waals surface area contributed by atoms with E-state index in [1.54, 1.807) is 29.5 Å².